The maximum atomic E-state index is 11.5. The Balaban J connectivity index is 2.34. The maximum absolute atomic E-state index is 11.5. The van der Waals surface area contributed by atoms with E-state index in [2.05, 4.69) is 9.50 Å². The lowest BCUT2D eigenvalue weighted by Gasteiger charge is -2.11. The normalized spacial score (nSPS) is 13.0. The maximum Gasteiger partial charge on any atom is 0.264 e. The van der Waals surface area contributed by atoms with Crippen molar-refractivity contribution in [1.29, 1.82) is 0 Å². The van der Waals surface area contributed by atoms with Crippen LogP contribution in [-0.4, -0.2) is 26.7 Å². The second kappa shape index (κ2) is 6.51. The van der Waals surface area contributed by atoms with Gasteiger partial charge in [-0.3, -0.25) is 8.98 Å². The Bertz CT molecular complexity index is 484. The predicted octanol–water partition coefficient (Wildman–Crippen LogP) is 1.06. The molecule has 0 spiro atoms. The number of benzene rings is 1. The van der Waals surface area contributed by atoms with E-state index < -0.39 is 16.2 Å². The first-order valence-corrected chi connectivity index (χ1v) is 7.37. The number of carbonyl (C=O) groups excluding carboxylic acids is 1. The number of hydrogen-bond acceptors (Lipinski definition) is 4. The van der Waals surface area contributed by atoms with Crippen LogP contribution in [-0.2, 0) is 25.6 Å². The molecular weight excluding hydrogens is 254 g/mol. The minimum atomic E-state index is -3.52. The van der Waals surface area contributed by atoms with Crippen molar-refractivity contribution >= 4 is 16.0 Å². The third-order valence-corrected chi connectivity index (χ3v) is 2.82. The van der Waals surface area contributed by atoms with E-state index in [-0.39, 0.29) is 12.3 Å². The largest absolute Gasteiger partial charge is 0.352 e. The van der Waals surface area contributed by atoms with Crippen molar-refractivity contribution < 1.29 is 17.4 Å². The molecule has 1 aromatic carbocycles. The molecule has 0 saturated heterocycles. The molecule has 0 fully saturated rings. The molecule has 0 radical (unpaired) electrons. The van der Waals surface area contributed by atoms with Crippen LogP contribution in [0.5, 0.6) is 0 Å². The fourth-order valence-electron chi connectivity index (χ4n) is 1.46. The number of amides is 1. The van der Waals surface area contributed by atoms with Crippen molar-refractivity contribution in [2.24, 2.45) is 0 Å². The first-order valence-electron chi connectivity index (χ1n) is 5.56. The van der Waals surface area contributed by atoms with Crippen LogP contribution in [0.2, 0.25) is 0 Å². The van der Waals surface area contributed by atoms with Crippen LogP contribution in [0.15, 0.2) is 30.3 Å². The summed E-state index contributed by atoms with van der Waals surface area (Å²) in [6, 6.07) is 9.47. The summed E-state index contributed by atoms with van der Waals surface area (Å²) in [5.41, 5.74) is 0.988. The Morgan fingerprint density at radius 1 is 1.33 bits per heavy atom. The zero-order valence-corrected chi connectivity index (χ0v) is 11.2. The predicted molar refractivity (Wildman–Crippen MR) is 68.3 cm³/mol. The Hall–Kier alpha value is -1.40. The molecule has 1 amide bonds. The lowest BCUT2D eigenvalue weighted by molar-refractivity contribution is -0.122. The number of rotatable bonds is 6. The van der Waals surface area contributed by atoms with Crippen LogP contribution >= 0.6 is 0 Å². The summed E-state index contributed by atoms with van der Waals surface area (Å²) in [4.78, 5) is 11.5. The standard InChI is InChI=1S/C12H17NO4S/c1-10(17-18(2,15)16)8-12(14)13-9-11-6-4-3-5-7-11/h3-7,10H,8-9H2,1-2H3,(H,13,14). The van der Waals surface area contributed by atoms with Crippen LogP contribution < -0.4 is 5.32 Å². The van der Waals surface area contributed by atoms with Gasteiger partial charge in [-0.15, -0.1) is 0 Å². The van der Waals surface area contributed by atoms with Gasteiger partial charge in [0.15, 0.2) is 0 Å². The van der Waals surface area contributed by atoms with Gasteiger partial charge in [0.25, 0.3) is 10.1 Å². The van der Waals surface area contributed by atoms with Crippen molar-refractivity contribution in [1.82, 2.24) is 5.32 Å². The average Bonchev–Trinajstić information content (AvgIpc) is 2.25. The highest BCUT2D eigenvalue weighted by Crippen LogP contribution is 2.03. The first-order chi connectivity index (χ1) is 8.37. The van der Waals surface area contributed by atoms with Crippen molar-refractivity contribution in [2.75, 3.05) is 6.26 Å². The third-order valence-electron chi connectivity index (χ3n) is 2.14. The van der Waals surface area contributed by atoms with E-state index in [0.717, 1.165) is 11.8 Å². The second-order valence-electron chi connectivity index (χ2n) is 4.08. The Labute approximate surface area is 107 Å². The minimum Gasteiger partial charge on any atom is -0.352 e. The Morgan fingerprint density at radius 2 is 1.94 bits per heavy atom. The number of carbonyl (C=O) groups is 1. The molecule has 0 saturated carbocycles. The molecule has 0 aromatic heterocycles. The smallest absolute Gasteiger partial charge is 0.264 e. The van der Waals surface area contributed by atoms with Crippen molar-refractivity contribution in [3.63, 3.8) is 0 Å². The van der Waals surface area contributed by atoms with Crippen molar-refractivity contribution in [3.8, 4) is 0 Å². The van der Waals surface area contributed by atoms with E-state index in [1.54, 1.807) is 6.92 Å². The molecule has 1 N–H and O–H groups in total. The topological polar surface area (TPSA) is 72.5 Å². The molecule has 5 nitrogen and oxygen atoms in total. The molecular formula is C12H17NO4S. The molecule has 18 heavy (non-hydrogen) atoms. The molecule has 0 aliphatic heterocycles. The van der Waals surface area contributed by atoms with Crippen LogP contribution in [0.3, 0.4) is 0 Å². The van der Waals surface area contributed by atoms with Gasteiger partial charge in [0.05, 0.1) is 18.8 Å². The van der Waals surface area contributed by atoms with Gasteiger partial charge in [0.2, 0.25) is 5.91 Å². The molecule has 100 valence electrons. The number of hydrogen-bond donors (Lipinski definition) is 1. The van der Waals surface area contributed by atoms with Crippen LogP contribution in [0.25, 0.3) is 0 Å². The van der Waals surface area contributed by atoms with Gasteiger partial charge >= 0.3 is 0 Å². The summed E-state index contributed by atoms with van der Waals surface area (Å²) in [6.07, 6.45) is 0.321. The molecule has 6 heteroatoms. The summed E-state index contributed by atoms with van der Waals surface area (Å²) >= 11 is 0. The summed E-state index contributed by atoms with van der Waals surface area (Å²) in [7, 11) is -3.52. The highest BCUT2D eigenvalue weighted by atomic mass is 32.2. The Morgan fingerprint density at radius 3 is 2.50 bits per heavy atom. The SMILES string of the molecule is CC(CC(=O)NCc1ccccc1)OS(C)(=O)=O. The highest BCUT2D eigenvalue weighted by Gasteiger charge is 2.14. The van der Waals surface area contributed by atoms with E-state index in [9.17, 15) is 13.2 Å². The quantitative estimate of drug-likeness (QED) is 0.785. The average molecular weight is 271 g/mol. The Kier molecular flexibility index (Phi) is 5.30. The van der Waals surface area contributed by atoms with Crippen molar-refractivity contribution in [2.45, 2.75) is 26.0 Å². The van der Waals surface area contributed by atoms with Gasteiger partial charge in [-0.25, -0.2) is 0 Å². The van der Waals surface area contributed by atoms with E-state index >= 15 is 0 Å². The van der Waals surface area contributed by atoms with Crippen LogP contribution in [0, 0.1) is 0 Å². The van der Waals surface area contributed by atoms with Gasteiger partial charge in [-0.1, -0.05) is 30.3 Å². The molecule has 0 aliphatic carbocycles. The lowest BCUT2D eigenvalue weighted by Crippen LogP contribution is -2.28. The highest BCUT2D eigenvalue weighted by molar-refractivity contribution is 7.86. The van der Waals surface area contributed by atoms with E-state index in [1.165, 1.54) is 0 Å². The fourth-order valence-corrected chi connectivity index (χ4v) is 2.13. The molecule has 0 aliphatic rings. The summed E-state index contributed by atoms with van der Waals surface area (Å²) < 4.78 is 26.4. The van der Waals surface area contributed by atoms with Gasteiger partial charge in [-0.05, 0) is 12.5 Å². The molecule has 0 bridgehead atoms. The minimum absolute atomic E-state index is 0.0138. The number of nitrogens with one attached hydrogen (secondary N) is 1. The molecule has 1 aromatic rings. The zero-order valence-electron chi connectivity index (χ0n) is 10.4. The first kappa shape index (κ1) is 14.7. The third kappa shape index (κ3) is 6.36. The second-order valence-corrected chi connectivity index (χ2v) is 5.68. The monoisotopic (exact) mass is 271 g/mol. The van der Waals surface area contributed by atoms with Gasteiger partial charge < -0.3 is 5.32 Å². The fraction of sp³-hybridized carbons (Fsp3) is 0.417. The molecule has 0 heterocycles. The molecule has 1 unspecified atom stereocenters. The van der Waals surface area contributed by atoms with Gasteiger partial charge in [0.1, 0.15) is 0 Å². The molecule has 1 atom stereocenters. The molecule has 1 rings (SSSR count). The lowest BCUT2D eigenvalue weighted by atomic mass is 10.2. The van der Waals surface area contributed by atoms with Gasteiger partial charge in [0, 0.05) is 6.54 Å². The van der Waals surface area contributed by atoms with Gasteiger partial charge in [-0.2, -0.15) is 8.42 Å². The summed E-state index contributed by atoms with van der Waals surface area (Å²) in [5, 5.41) is 2.70. The summed E-state index contributed by atoms with van der Waals surface area (Å²) in [6.45, 7) is 1.97. The van der Waals surface area contributed by atoms with E-state index in [0.29, 0.717) is 6.54 Å². The van der Waals surface area contributed by atoms with Crippen LogP contribution in [0.1, 0.15) is 18.9 Å². The van der Waals surface area contributed by atoms with Crippen molar-refractivity contribution in [3.05, 3.63) is 35.9 Å². The zero-order chi connectivity index (χ0) is 13.6. The summed E-state index contributed by atoms with van der Waals surface area (Å²) in [5.74, 6) is -0.241. The van der Waals surface area contributed by atoms with E-state index in [1.807, 2.05) is 30.3 Å². The van der Waals surface area contributed by atoms with E-state index in [4.69, 9.17) is 0 Å². The van der Waals surface area contributed by atoms with Crippen LogP contribution in [0.4, 0.5) is 0 Å².